The normalized spacial score (nSPS) is 16.2. The van der Waals surface area contributed by atoms with Gasteiger partial charge in [0.05, 0.1) is 5.60 Å². The highest BCUT2D eigenvalue weighted by Gasteiger charge is 2.29. The van der Waals surface area contributed by atoms with E-state index in [4.69, 9.17) is 9.47 Å². The van der Waals surface area contributed by atoms with Gasteiger partial charge in [-0.25, -0.2) is 0 Å². The molecule has 0 radical (unpaired) electrons. The van der Waals surface area contributed by atoms with Crippen LogP contribution in [0.25, 0.3) is 0 Å². The molecule has 0 rings (SSSR count). The molecule has 0 aromatic rings. The number of rotatable bonds is 8. The Labute approximate surface area is 113 Å². The Morgan fingerprint density at radius 2 is 2.06 bits per heavy atom. The fourth-order valence-corrected chi connectivity index (χ4v) is 1.61. The summed E-state index contributed by atoms with van der Waals surface area (Å²) >= 11 is 2.11. The van der Waals surface area contributed by atoms with Gasteiger partial charge in [-0.05, 0) is 54.9 Å². The number of allylic oxidation sites excluding steroid dienone is 1. The van der Waals surface area contributed by atoms with Crippen LogP contribution in [-0.2, 0) is 9.47 Å². The lowest BCUT2D eigenvalue weighted by molar-refractivity contribution is -0.157. The molecule has 0 heterocycles. The molecule has 0 bridgehead atoms. The van der Waals surface area contributed by atoms with Crippen LogP contribution in [0.2, 0.25) is 0 Å². The molecular weight excluding hydrogens is 315 g/mol. The lowest BCUT2D eigenvalue weighted by atomic mass is 9.92. The van der Waals surface area contributed by atoms with Crippen molar-refractivity contribution in [3.63, 3.8) is 0 Å². The van der Waals surface area contributed by atoms with Gasteiger partial charge in [-0.1, -0.05) is 19.2 Å². The van der Waals surface area contributed by atoms with Crippen molar-refractivity contribution in [1.82, 2.24) is 0 Å². The van der Waals surface area contributed by atoms with Crippen LogP contribution in [0.4, 0.5) is 0 Å². The molecular formula is C13H21IO2. The number of hydrogen-bond acceptors (Lipinski definition) is 2. The quantitative estimate of drug-likeness (QED) is 0.375. The van der Waals surface area contributed by atoms with E-state index in [-0.39, 0.29) is 0 Å². The predicted octanol–water partition coefficient (Wildman–Crippen LogP) is 4.23. The Kier molecular flexibility index (Phi) is 7.19. The second kappa shape index (κ2) is 7.25. The lowest BCUT2D eigenvalue weighted by Crippen LogP contribution is -2.35. The van der Waals surface area contributed by atoms with E-state index in [0.717, 1.165) is 22.0 Å². The monoisotopic (exact) mass is 336 g/mol. The Bertz CT molecular complexity index is 273. The van der Waals surface area contributed by atoms with E-state index in [1.54, 1.807) is 7.11 Å². The van der Waals surface area contributed by atoms with Crippen molar-refractivity contribution in [2.24, 2.45) is 0 Å². The smallest absolute Gasteiger partial charge is 0.189 e. The maximum atomic E-state index is 5.94. The third kappa shape index (κ3) is 4.80. The first-order valence-electron chi connectivity index (χ1n) is 5.19. The summed E-state index contributed by atoms with van der Waals surface area (Å²) < 4.78 is 12.0. The summed E-state index contributed by atoms with van der Waals surface area (Å²) in [6.07, 6.45) is 3.21. The molecule has 0 N–H and O–H groups in total. The topological polar surface area (TPSA) is 18.5 Å². The van der Waals surface area contributed by atoms with E-state index in [1.165, 1.54) is 0 Å². The Morgan fingerprint density at radius 1 is 1.50 bits per heavy atom. The summed E-state index contributed by atoms with van der Waals surface area (Å²) in [5.74, 6) is 0. The van der Waals surface area contributed by atoms with Crippen molar-refractivity contribution in [3.05, 3.63) is 35.0 Å². The van der Waals surface area contributed by atoms with Crippen molar-refractivity contribution < 1.29 is 9.47 Å². The molecule has 0 aromatic heterocycles. The van der Waals surface area contributed by atoms with Gasteiger partial charge in [0.25, 0.3) is 0 Å². The minimum Gasteiger partial charge on any atom is -0.351 e. The van der Waals surface area contributed by atoms with Crippen molar-refractivity contribution in [3.8, 4) is 0 Å². The average molecular weight is 336 g/mol. The molecule has 0 saturated carbocycles. The van der Waals surface area contributed by atoms with Crippen molar-refractivity contribution in [2.45, 2.75) is 38.6 Å². The van der Waals surface area contributed by atoms with Gasteiger partial charge in [0, 0.05) is 10.7 Å². The van der Waals surface area contributed by atoms with E-state index >= 15 is 0 Å². The highest BCUT2D eigenvalue weighted by Crippen LogP contribution is 2.30. The van der Waals surface area contributed by atoms with Crippen LogP contribution in [0.15, 0.2) is 35.0 Å². The second-order valence-electron chi connectivity index (χ2n) is 3.97. The molecule has 92 valence electrons. The maximum absolute atomic E-state index is 5.94. The Balaban J connectivity index is 4.71. The molecule has 2 unspecified atom stereocenters. The second-order valence-corrected chi connectivity index (χ2v) is 5.36. The summed E-state index contributed by atoms with van der Waals surface area (Å²) in [6.45, 7) is 15.5. The molecule has 16 heavy (non-hydrogen) atoms. The number of halogens is 1. The van der Waals surface area contributed by atoms with Crippen LogP contribution in [0.1, 0.15) is 26.7 Å². The van der Waals surface area contributed by atoms with Crippen LogP contribution in [0, 0.1) is 0 Å². The van der Waals surface area contributed by atoms with Crippen LogP contribution in [-0.4, -0.2) is 19.0 Å². The van der Waals surface area contributed by atoms with Crippen LogP contribution in [0.3, 0.4) is 0 Å². The van der Waals surface area contributed by atoms with Crippen LogP contribution >= 0.6 is 22.6 Å². The maximum Gasteiger partial charge on any atom is 0.189 e. The molecule has 0 fully saturated rings. The lowest BCUT2D eigenvalue weighted by Gasteiger charge is -2.33. The van der Waals surface area contributed by atoms with Gasteiger partial charge < -0.3 is 9.47 Å². The first kappa shape index (κ1) is 15.9. The third-order valence-electron chi connectivity index (χ3n) is 2.57. The number of ether oxygens (including phenoxy) is 2. The van der Waals surface area contributed by atoms with Gasteiger partial charge in [0.15, 0.2) is 6.29 Å². The molecule has 0 spiro atoms. The fraction of sp³-hybridized carbons (Fsp3) is 0.538. The Hall–Kier alpha value is -0.130. The highest BCUT2D eigenvalue weighted by atomic mass is 127. The van der Waals surface area contributed by atoms with Crippen molar-refractivity contribution in [2.75, 3.05) is 7.11 Å². The zero-order valence-electron chi connectivity index (χ0n) is 10.4. The third-order valence-corrected chi connectivity index (χ3v) is 3.07. The zero-order chi connectivity index (χ0) is 12.8. The van der Waals surface area contributed by atoms with E-state index in [2.05, 4.69) is 42.3 Å². The Morgan fingerprint density at radius 3 is 2.38 bits per heavy atom. The van der Waals surface area contributed by atoms with Gasteiger partial charge in [-0.3, -0.25) is 0 Å². The van der Waals surface area contributed by atoms with Gasteiger partial charge in [-0.15, -0.1) is 6.58 Å². The molecule has 0 aliphatic rings. The molecule has 0 aromatic carbocycles. The molecule has 0 aliphatic heterocycles. The summed E-state index contributed by atoms with van der Waals surface area (Å²) in [4.78, 5) is 0. The largest absolute Gasteiger partial charge is 0.351 e. The molecule has 3 heteroatoms. The minimum absolute atomic E-state index is 0.396. The molecule has 0 saturated heterocycles. The van der Waals surface area contributed by atoms with E-state index in [1.807, 2.05) is 19.9 Å². The van der Waals surface area contributed by atoms with Crippen LogP contribution < -0.4 is 0 Å². The molecule has 2 nitrogen and oxygen atoms in total. The summed E-state index contributed by atoms with van der Waals surface area (Å²) in [5, 5.41) is 0. The average Bonchev–Trinajstić information content (AvgIpc) is 2.22. The van der Waals surface area contributed by atoms with Gasteiger partial charge in [0.1, 0.15) is 0 Å². The minimum atomic E-state index is -0.400. The van der Waals surface area contributed by atoms with Gasteiger partial charge in [-0.2, -0.15) is 0 Å². The van der Waals surface area contributed by atoms with Gasteiger partial charge in [0.2, 0.25) is 0 Å². The van der Waals surface area contributed by atoms with Crippen molar-refractivity contribution in [1.29, 1.82) is 0 Å². The van der Waals surface area contributed by atoms with E-state index in [0.29, 0.717) is 0 Å². The van der Waals surface area contributed by atoms with Crippen LogP contribution in [0.5, 0.6) is 0 Å². The van der Waals surface area contributed by atoms with E-state index < -0.39 is 11.9 Å². The number of hydrogen-bond donors (Lipinski definition) is 0. The van der Waals surface area contributed by atoms with Gasteiger partial charge >= 0.3 is 0 Å². The molecule has 0 amide bonds. The van der Waals surface area contributed by atoms with E-state index in [9.17, 15) is 0 Å². The zero-order valence-corrected chi connectivity index (χ0v) is 12.5. The molecule has 0 aliphatic carbocycles. The standard InChI is InChI=1S/C13H21IO2/c1-7-8-9-13(5,10(2)3)16-12(15-6)11(4)14/h7,12H,1-2,4,8-9H2,3,5-6H3. The summed E-state index contributed by atoms with van der Waals surface area (Å²) in [6, 6.07) is 0. The highest BCUT2D eigenvalue weighted by molar-refractivity contribution is 14.1. The van der Waals surface area contributed by atoms with Crippen molar-refractivity contribution >= 4 is 22.6 Å². The SMILES string of the molecule is C=CCCC(C)(OC(OC)C(=C)I)C(=C)C. The summed E-state index contributed by atoms with van der Waals surface area (Å²) in [5.41, 5.74) is 0.581. The fourth-order valence-electron chi connectivity index (χ4n) is 1.23. The first-order chi connectivity index (χ1) is 7.37. The summed E-state index contributed by atoms with van der Waals surface area (Å²) in [7, 11) is 1.61. The molecule has 2 atom stereocenters. The first-order valence-corrected chi connectivity index (χ1v) is 6.27. The predicted molar refractivity (Wildman–Crippen MR) is 77.7 cm³/mol. The number of methoxy groups -OCH3 is 1.